The maximum Gasteiger partial charge on any atom is 0.305 e. The van der Waals surface area contributed by atoms with Crippen molar-refractivity contribution in [3.63, 3.8) is 0 Å². The van der Waals surface area contributed by atoms with Gasteiger partial charge in [-0.05, 0) is 51.1 Å². The number of amides is 1. The first kappa shape index (κ1) is 29.2. The summed E-state index contributed by atoms with van der Waals surface area (Å²) in [5.74, 6) is 0.157. The number of nitrogens with zero attached hydrogens (tertiary/aromatic N) is 1. The lowest BCUT2D eigenvalue weighted by Gasteiger charge is -2.32. The van der Waals surface area contributed by atoms with E-state index in [0.29, 0.717) is 41.7 Å². The number of methoxy groups -OCH3 is 2. The number of ether oxygens (including phenoxy) is 3. The highest BCUT2D eigenvalue weighted by Crippen LogP contribution is 2.29. The van der Waals surface area contributed by atoms with E-state index in [0.717, 1.165) is 71.0 Å². The van der Waals surface area contributed by atoms with Gasteiger partial charge in [0.1, 0.15) is 5.75 Å². The topological polar surface area (TPSA) is 103 Å². The van der Waals surface area contributed by atoms with E-state index >= 15 is 0 Å². The van der Waals surface area contributed by atoms with Crippen LogP contribution in [-0.2, 0) is 14.3 Å². The SMILES string of the molecule is COCCCCOC(=O)CCCCCCCN1CCC(NC(=O)c2cc(Cl)c(N)cc2OC)CC1. The Labute approximate surface area is 214 Å². The molecule has 0 saturated carbocycles. The smallest absolute Gasteiger partial charge is 0.305 e. The lowest BCUT2D eigenvalue weighted by molar-refractivity contribution is -0.143. The molecule has 1 heterocycles. The molecule has 1 aliphatic rings. The van der Waals surface area contributed by atoms with Gasteiger partial charge < -0.3 is 30.2 Å². The van der Waals surface area contributed by atoms with Crippen molar-refractivity contribution >= 4 is 29.2 Å². The first-order chi connectivity index (χ1) is 16.9. The van der Waals surface area contributed by atoms with Crippen molar-refractivity contribution in [2.45, 2.75) is 70.3 Å². The number of hydrogen-bond acceptors (Lipinski definition) is 7. The van der Waals surface area contributed by atoms with E-state index < -0.39 is 0 Å². The molecule has 1 fully saturated rings. The molecule has 0 unspecified atom stereocenters. The molecule has 1 aromatic carbocycles. The minimum Gasteiger partial charge on any atom is -0.496 e. The van der Waals surface area contributed by atoms with Crippen LogP contribution in [0.4, 0.5) is 5.69 Å². The molecule has 35 heavy (non-hydrogen) atoms. The summed E-state index contributed by atoms with van der Waals surface area (Å²) in [5, 5.41) is 3.46. The monoisotopic (exact) mass is 511 g/mol. The van der Waals surface area contributed by atoms with Gasteiger partial charge in [-0.2, -0.15) is 0 Å². The molecule has 0 atom stereocenters. The quantitative estimate of drug-likeness (QED) is 0.192. The van der Waals surface area contributed by atoms with Crippen molar-refractivity contribution in [3.05, 3.63) is 22.7 Å². The van der Waals surface area contributed by atoms with Gasteiger partial charge in [0, 0.05) is 45.3 Å². The molecule has 0 aliphatic carbocycles. The second-order valence-electron chi connectivity index (χ2n) is 9.10. The Balaban J connectivity index is 1.52. The third-order valence-electron chi connectivity index (χ3n) is 6.35. The molecule has 8 nitrogen and oxygen atoms in total. The van der Waals surface area contributed by atoms with Crippen molar-refractivity contribution < 1.29 is 23.8 Å². The number of halogens is 1. The van der Waals surface area contributed by atoms with E-state index in [9.17, 15) is 9.59 Å². The number of rotatable bonds is 16. The predicted octanol–water partition coefficient (Wildman–Crippen LogP) is 4.44. The van der Waals surface area contributed by atoms with Crippen LogP contribution >= 0.6 is 11.6 Å². The zero-order chi connectivity index (χ0) is 25.5. The number of nitrogen functional groups attached to an aromatic ring is 1. The Hall–Kier alpha value is -2.03. The minimum absolute atomic E-state index is 0.0877. The molecule has 3 N–H and O–H groups in total. The minimum atomic E-state index is -0.183. The first-order valence-electron chi connectivity index (χ1n) is 12.8. The number of hydrogen-bond donors (Lipinski definition) is 2. The van der Waals surface area contributed by atoms with Crippen LogP contribution < -0.4 is 15.8 Å². The van der Waals surface area contributed by atoms with Crippen molar-refractivity contribution in [3.8, 4) is 5.75 Å². The number of carbonyl (C=O) groups is 2. The summed E-state index contributed by atoms with van der Waals surface area (Å²) in [6, 6.07) is 3.28. The Morgan fingerprint density at radius 3 is 2.43 bits per heavy atom. The van der Waals surface area contributed by atoms with E-state index in [1.54, 1.807) is 19.2 Å². The highest BCUT2D eigenvalue weighted by atomic mass is 35.5. The molecule has 0 bridgehead atoms. The maximum atomic E-state index is 12.7. The largest absolute Gasteiger partial charge is 0.496 e. The molecule has 0 spiro atoms. The van der Waals surface area contributed by atoms with E-state index in [1.807, 2.05) is 0 Å². The zero-order valence-electron chi connectivity index (χ0n) is 21.3. The summed E-state index contributed by atoms with van der Waals surface area (Å²) in [4.78, 5) is 26.9. The van der Waals surface area contributed by atoms with Gasteiger partial charge in [-0.3, -0.25) is 9.59 Å². The van der Waals surface area contributed by atoms with Gasteiger partial charge in [0.2, 0.25) is 0 Å². The van der Waals surface area contributed by atoms with Crippen LogP contribution in [0.3, 0.4) is 0 Å². The molecule has 1 amide bonds. The number of piperidine rings is 1. The normalized spacial score (nSPS) is 14.6. The predicted molar refractivity (Wildman–Crippen MR) is 139 cm³/mol. The highest BCUT2D eigenvalue weighted by Gasteiger charge is 2.23. The van der Waals surface area contributed by atoms with Crippen LogP contribution in [-0.4, -0.2) is 69.9 Å². The van der Waals surface area contributed by atoms with Gasteiger partial charge in [0.25, 0.3) is 5.91 Å². The van der Waals surface area contributed by atoms with Gasteiger partial charge in [0.15, 0.2) is 0 Å². The number of esters is 1. The number of benzene rings is 1. The van der Waals surface area contributed by atoms with Crippen molar-refractivity contribution in [2.75, 3.05) is 52.8 Å². The van der Waals surface area contributed by atoms with E-state index in [2.05, 4.69) is 10.2 Å². The Morgan fingerprint density at radius 1 is 1.03 bits per heavy atom. The average Bonchev–Trinajstić information content (AvgIpc) is 2.85. The van der Waals surface area contributed by atoms with E-state index in [1.165, 1.54) is 13.5 Å². The molecule has 2 rings (SSSR count). The fourth-order valence-electron chi connectivity index (χ4n) is 4.22. The third-order valence-corrected chi connectivity index (χ3v) is 6.67. The second kappa shape index (κ2) is 16.6. The zero-order valence-corrected chi connectivity index (χ0v) is 22.0. The number of carbonyl (C=O) groups excluding carboxylic acids is 2. The second-order valence-corrected chi connectivity index (χ2v) is 9.51. The van der Waals surface area contributed by atoms with Crippen LogP contribution in [0.25, 0.3) is 0 Å². The van der Waals surface area contributed by atoms with Gasteiger partial charge >= 0.3 is 5.97 Å². The number of likely N-dealkylation sites (tertiary alicyclic amines) is 1. The molecule has 1 saturated heterocycles. The number of nitrogens with one attached hydrogen (secondary N) is 1. The van der Waals surface area contributed by atoms with Gasteiger partial charge in [0.05, 0.1) is 30.0 Å². The molecule has 1 aromatic rings. The first-order valence-corrected chi connectivity index (χ1v) is 13.1. The van der Waals surface area contributed by atoms with Gasteiger partial charge in [-0.15, -0.1) is 0 Å². The Morgan fingerprint density at radius 2 is 1.71 bits per heavy atom. The molecule has 198 valence electrons. The van der Waals surface area contributed by atoms with Gasteiger partial charge in [-0.25, -0.2) is 0 Å². The number of nitrogens with two attached hydrogens (primary N) is 1. The summed E-state index contributed by atoms with van der Waals surface area (Å²) in [5.41, 5.74) is 6.60. The van der Waals surface area contributed by atoms with Crippen LogP contribution in [0.1, 0.15) is 74.6 Å². The summed E-state index contributed by atoms with van der Waals surface area (Å²) in [6.07, 6.45) is 9.55. The molecule has 0 aromatic heterocycles. The van der Waals surface area contributed by atoms with Crippen LogP contribution in [0.15, 0.2) is 12.1 Å². The van der Waals surface area contributed by atoms with E-state index in [4.69, 9.17) is 31.5 Å². The standard InChI is InChI=1S/C26H42ClN3O5/c1-33-16-8-9-17-35-25(31)10-6-4-3-5-7-13-30-14-11-20(12-15-30)29-26(32)21-18-22(27)23(28)19-24(21)34-2/h18-20H,3-17,28H2,1-2H3,(H,29,32). The summed E-state index contributed by atoms with van der Waals surface area (Å²) in [7, 11) is 3.19. The molecular formula is C26H42ClN3O5. The lowest BCUT2D eigenvalue weighted by atomic mass is 10.0. The van der Waals surface area contributed by atoms with Crippen molar-refractivity contribution in [2.24, 2.45) is 0 Å². The Kier molecular flexibility index (Phi) is 13.9. The number of anilines is 1. The number of unbranched alkanes of at least 4 members (excludes halogenated alkanes) is 5. The average molecular weight is 512 g/mol. The van der Waals surface area contributed by atoms with Crippen molar-refractivity contribution in [1.29, 1.82) is 0 Å². The van der Waals surface area contributed by atoms with Crippen molar-refractivity contribution in [1.82, 2.24) is 10.2 Å². The maximum absolute atomic E-state index is 12.7. The Bertz CT molecular complexity index is 784. The molecule has 0 radical (unpaired) electrons. The lowest BCUT2D eigenvalue weighted by Crippen LogP contribution is -2.44. The highest BCUT2D eigenvalue weighted by molar-refractivity contribution is 6.33. The van der Waals surface area contributed by atoms with Crippen LogP contribution in [0, 0.1) is 0 Å². The van der Waals surface area contributed by atoms with Crippen LogP contribution in [0.2, 0.25) is 5.02 Å². The molecular weight excluding hydrogens is 470 g/mol. The van der Waals surface area contributed by atoms with Crippen LogP contribution in [0.5, 0.6) is 5.75 Å². The molecule has 1 aliphatic heterocycles. The fraction of sp³-hybridized carbons (Fsp3) is 0.692. The summed E-state index contributed by atoms with van der Waals surface area (Å²) in [6.45, 7) is 4.22. The molecule has 9 heteroatoms. The van der Waals surface area contributed by atoms with E-state index in [-0.39, 0.29) is 17.9 Å². The fourth-order valence-corrected chi connectivity index (χ4v) is 4.38. The third kappa shape index (κ3) is 11.1. The van der Waals surface area contributed by atoms with Gasteiger partial charge in [-0.1, -0.05) is 30.9 Å². The summed E-state index contributed by atoms with van der Waals surface area (Å²) < 4.78 is 15.5. The summed E-state index contributed by atoms with van der Waals surface area (Å²) >= 11 is 6.09.